The van der Waals surface area contributed by atoms with Gasteiger partial charge in [0.15, 0.2) is 0 Å². The zero-order chi connectivity index (χ0) is 18.4. The fourth-order valence-electron chi connectivity index (χ4n) is 3.13. The molecule has 1 aliphatic rings. The summed E-state index contributed by atoms with van der Waals surface area (Å²) in [5, 5.41) is 0. The highest BCUT2D eigenvalue weighted by molar-refractivity contribution is 5.58. The number of aromatic nitrogens is 2. The molecule has 1 aliphatic heterocycles. The summed E-state index contributed by atoms with van der Waals surface area (Å²) in [5.74, 6) is 0.807. The third-order valence-corrected chi connectivity index (χ3v) is 4.56. The highest BCUT2D eigenvalue weighted by atomic mass is 19.3. The van der Waals surface area contributed by atoms with Crippen molar-refractivity contribution in [2.45, 2.75) is 25.2 Å². The van der Waals surface area contributed by atoms with Crippen LogP contribution in [0.5, 0.6) is 0 Å². The van der Waals surface area contributed by atoms with E-state index in [4.69, 9.17) is 4.74 Å². The van der Waals surface area contributed by atoms with E-state index in [-0.39, 0.29) is 11.7 Å². The van der Waals surface area contributed by atoms with Crippen molar-refractivity contribution < 1.29 is 17.9 Å². The second-order valence-corrected chi connectivity index (χ2v) is 6.39. The summed E-state index contributed by atoms with van der Waals surface area (Å²) in [7, 11) is 0. The SMILES string of the molecule is Fc1ccc(-c2ccnc(C3CCN(CCOCC(F)F)CC3)n2)cc1. The lowest BCUT2D eigenvalue weighted by Gasteiger charge is -2.31. The predicted molar refractivity (Wildman–Crippen MR) is 92.7 cm³/mol. The molecule has 0 amide bonds. The topological polar surface area (TPSA) is 38.2 Å². The Morgan fingerprint density at radius 3 is 2.54 bits per heavy atom. The molecule has 3 rings (SSSR count). The van der Waals surface area contributed by atoms with Crippen molar-refractivity contribution >= 4 is 0 Å². The smallest absolute Gasteiger partial charge is 0.261 e. The quantitative estimate of drug-likeness (QED) is 0.701. The van der Waals surface area contributed by atoms with Gasteiger partial charge in [-0.05, 0) is 56.3 Å². The molecule has 0 aliphatic carbocycles. The molecule has 1 aromatic heterocycles. The molecule has 0 radical (unpaired) electrons. The average Bonchev–Trinajstić information content (AvgIpc) is 2.66. The molecular formula is C19H22F3N3O. The van der Waals surface area contributed by atoms with Crippen LogP contribution in [0.2, 0.25) is 0 Å². The monoisotopic (exact) mass is 365 g/mol. The van der Waals surface area contributed by atoms with Gasteiger partial charge in [-0.3, -0.25) is 0 Å². The molecule has 0 bridgehead atoms. The largest absolute Gasteiger partial charge is 0.374 e. The van der Waals surface area contributed by atoms with Crippen molar-refractivity contribution in [1.29, 1.82) is 0 Å². The van der Waals surface area contributed by atoms with Gasteiger partial charge in [0, 0.05) is 24.2 Å². The molecule has 0 spiro atoms. The second-order valence-electron chi connectivity index (χ2n) is 6.39. The lowest BCUT2D eigenvalue weighted by molar-refractivity contribution is 0.00783. The van der Waals surface area contributed by atoms with Crippen molar-refractivity contribution in [2.24, 2.45) is 0 Å². The van der Waals surface area contributed by atoms with Crippen LogP contribution in [0.1, 0.15) is 24.6 Å². The standard InChI is InChI=1S/C19H22F3N3O/c20-16-3-1-14(2-4-16)17-5-8-23-19(24-17)15-6-9-25(10-7-15)11-12-26-13-18(21)22/h1-5,8,15,18H,6-7,9-13H2. The van der Waals surface area contributed by atoms with E-state index in [0.29, 0.717) is 13.2 Å². The van der Waals surface area contributed by atoms with Gasteiger partial charge in [0.25, 0.3) is 6.43 Å². The van der Waals surface area contributed by atoms with Crippen LogP contribution in [0.15, 0.2) is 36.5 Å². The number of piperidine rings is 1. The third kappa shape index (κ3) is 5.25. The van der Waals surface area contributed by atoms with Gasteiger partial charge in [0.05, 0.1) is 12.3 Å². The zero-order valence-corrected chi connectivity index (χ0v) is 14.5. The molecule has 0 unspecified atom stereocenters. The second kappa shape index (κ2) is 9.09. The van der Waals surface area contributed by atoms with Gasteiger partial charge in [-0.15, -0.1) is 0 Å². The maximum absolute atomic E-state index is 13.1. The lowest BCUT2D eigenvalue weighted by Crippen LogP contribution is -2.36. The van der Waals surface area contributed by atoms with E-state index in [2.05, 4.69) is 14.9 Å². The highest BCUT2D eigenvalue weighted by Gasteiger charge is 2.22. The van der Waals surface area contributed by atoms with Crippen LogP contribution in [0.4, 0.5) is 13.2 Å². The molecule has 2 aromatic rings. The number of halogens is 3. The minimum absolute atomic E-state index is 0.270. The molecule has 7 heteroatoms. The molecule has 1 saturated heterocycles. The summed E-state index contributed by atoms with van der Waals surface area (Å²) in [5.41, 5.74) is 1.65. The van der Waals surface area contributed by atoms with E-state index < -0.39 is 13.0 Å². The van der Waals surface area contributed by atoms with Gasteiger partial charge in [-0.1, -0.05) is 0 Å². The molecule has 2 heterocycles. The fraction of sp³-hybridized carbons (Fsp3) is 0.474. The van der Waals surface area contributed by atoms with Gasteiger partial charge < -0.3 is 9.64 Å². The minimum atomic E-state index is -2.41. The number of nitrogens with zero attached hydrogens (tertiary/aromatic N) is 3. The Hall–Kier alpha value is -1.99. The van der Waals surface area contributed by atoms with E-state index >= 15 is 0 Å². The summed E-state index contributed by atoms with van der Waals surface area (Å²) >= 11 is 0. The number of ether oxygens (including phenoxy) is 1. The average molecular weight is 365 g/mol. The van der Waals surface area contributed by atoms with E-state index in [0.717, 1.165) is 43.0 Å². The summed E-state index contributed by atoms with van der Waals surface area (Å²) in [4.78, 5) is 11.3. The Morgan fingerprint density at radius 2 is 1.85 bits per heavy atom. The molecular weight excluding hydrogens is 343 g/mol. The first kappa shape index (κ1) is 18.8. The van der Waals surface area contributed by atoms with Crippen LogP contribution in [0.25, 0.3) is 11.3 Å². The first-order valence-electron chi connectivity index (χ1n) is 8.79. The van der Waals surface area contributed by atoms with E-state index in [1.54, 1.807) is 18.3 Å². The molecule has 0 N–H and O–H groups in total. The molecule has 4 nitrogen and oxygen atoms in total. The summed E-state index contributed by atoms with van der Waals surface area (Å²) < 4.78 is 42.1. The van der Waals surface area contributed by atoms with Gasteiger partial charge >= 0.3 is 0 Å². The minimum Gasteiger partial charge on any atom is -0.374 e. The number of hydrogen-bond acceptors (Lipinski definition) is 4. The molecule has 0 saturated carbocycles. The number of rotatable bonds is 7. The summed E-state index contributed by atoms with van der Waals surface area (Å²) in [6.45, 7) is 2.22. The molecule has 140 valence electrons. The van der Waals surface area contributed by atoms with Crippen LogP contribution >= 0.6 is 0 Å². The first-order valence-corrected chi connectivity index (χ1v) is 8.79. The number of hydrogen-bond donors (Lipinski definition) is 0. The Bertz CT molecular complexity index is 689. The van der Waals surface area contributed by atoms with Crippen LogP contribution in [-0.2, 0) is 4.74 Å². The van der Waals surface area contributed by atoms with E-state index in [9.17, 15) is 13.2 Å². The van der Waals surface area contributed by atoms with Crippen molar-refractivity contribution in [2.75, 3.05) is 32.8 Å². The van der Waals surface area contributed by atoms with Crippen LogP contribution < -0.4 is 0 Å². The zero-order valence-electron chi connectivity index (χ0n) is 14.5. The predicted octanol–water partition coefficient (Wildman–Crippen LogP) is 3.74. The van der Waals surface area contributed by atoms with Crippen molar-refractivity contribution in [3.05, 3.63) is 48.2 Å². The Kier molecular flexibility index (Phi) is 6.57. The number of alkyl halides is 2. The summed E-state index contributed by atoms with van der Waals surface area (Å²) in [6, 6.07) is 8.09. The van der Waals surface area contributed by atoms with Gasteiger partial charge in [-0.25, -0.2) is 23.1 Å². The van der Waals surface area contributed by atoms with Gasteiger partial charge in [0.1, 0.15) is 18.2 Å². The molecule has 0 atom stereocenters. The van der Waals surface area contributed by atoms with Crippen LogP contribution in [0.3, 0.4) is 0 Å². The normalized spacial score (nSPS) is 16.3. The van der Waals surface area contributed by atoms with Crippen molar-refractivity contribution in [3.63, 3.8) is 0 Å². The third-order valence-electron chi connectivity index (χ3n) is 4.56. The van der Waals surface area contributed by atoms with Crippen LogP contribution in [0, 0.1) is 5.82 Å². The Labute approximate surface area is 151 Å². The number of likely N-dealkylation sites (tertiary alicyclic amines) is 1. The van der Waals surface area contributed by atoms with Crippen molar-refractivity contribution in [3.8, 4) is 11.3 Å². The molecule has 1 fully saturated rings. The van der Waals surface area contributed by atoms with Crippen LogP contribution in [-0.4, -0.2) is 54.1 Å². The van der Waals surface area contributed by atoms with E-state index in [1.807, 2.05) is 6.07 Å². The maximum atomic E-state index is 13.1. The van der Waals surface area contributed by atoms with Gasteiger partial charge in [-0.2, -0.15) is 0 Å². The first-order chi connectivity index (χ1) is 12.6. The Balaban J connectivity index is 1.53. The molecule has 1 aromatic carbocycles. The summed E-state index contributed by atoms with van der Waals surface area (Å²) in [6.07, 6.45) is 1.17. The number of benzene rings is 1. The molecule has 26 heavy (non-hydrogen) atoms. The highest BCUT2D eigenvalue weighted by Crippen LogP contribution is 2.27. The Morgan fingerprint density at radius 1 is 1.12 bits per heavy atom. The van der Waals surface area contributed by atoms with E-state index in [1.165, 1.54) is 12.1 Å². The lowest BCUT2D eigenvalue weighted by atomic mass is 9.95. The fourth-order valence-corrected chi connectivity index (χ4v) is 3.13. The van der Waals surface area contributed by atoms with Gasteiger partial charge in [0.2, 0.25) is 0 Å². The van der Waals surface area contributed by atoms with Crippen molar-refractivity contribution in [1.82, 2.24) is 14.9 Å². The maximum Gasteiger partial charge on any atom is 0.261 e.